The number of anilines is 1. The van der Waals surface area contributed by atoms with Gasteiger partial charge in [0.2, 0.25) is 5.91 Å². The molecular weight excluding hydrogens is 246 g/mol. The van der Waals surface area contributed by atoms with Crippen LogP contribution in [0.15, 0.2) is 22.8 Å². The van der Waals surface area contributed by atoms with Crippen molar-refractivity contribution in [3.63, 3.8) is 0 Å². The molecule has 1 N–H and O–H groups in total. The number of aromatic nitrogens is 1. The molecule has 1 aromatic heterocycles. The Morgan fingerprint density at radius 3 is 2.93 bits per heavy atom. The summed E-state index contributed by atoms with van der Waals surface area (Å²) in [5, 5.41) is 2.94. The Labute approximate surface area is 91.4 Å². The van der Waals surface area contributed by atoms with E-state index in [0.717, 1.165) is 4.47 Å². The lowest BCUT2D eigenvalue weighted by atomic mass is 10.4. The van der Waals surface area contributed by atoms with E-state index in [4.69, 9.17) is 0 Å². The normalized spacial score (nSPS) is 9.64. The van der Waals surface area contributed by atoms with Crippen molar-refractivity contribution in [1.82, 2.24) is 9.88 Å². The molecule has 5 heteroatoms. The lowest BCUT2D eigenvalue weighted by molar-refractivity contribution is -0.126. The molecular formula is C9H12BrN3O. The SMILES string of the molecule is CN(C)C(=O)CNc1ncccc1Br. The molecule has 1 amide bonds. The molecule has 0 aliphatic rings. The van der Waals surface area contributed by atoms with Gasteiger partial charge in [-0.25, -0.2) is 4.98 Å². The van der Waals surface area contributed by atoms with Gasteiger partial charge in [-0.1, -0.05) is 0 Å². The van der Waals surface area contributed by atoms with Crippen LogP contribution in [-0.2, 0) is 4.79 Å². The largest absolute Gasteiger partial charge is 0.360 e. The van der Waals surface area contributed by atoms with Gasteiger partial charge in [0.05, 0.1) is 11.0 Å². The van der Waals surface area contributed by atoms with Gasteiger partial charge < -0.3 is 10.2 Å². The zero-order valence-electron chi connectivity index (χ0n) is 8.12. The third-order valence-electron chi connectivity index (χ3n) is 1.66. The zero-order valence-corrected chi connectivity index (χ0v) is 9.71. The first kappa shape index (κ1) is 11.0. The number of likely N-dealkylation sites (N-methyl/N-ethyl adjacent to an activating group) is 1. The molecule has 0 aliphatic carbocycles. The van der Waals surface area contributed by atoms with Gasteiger partial charge in [0.25, 0.3) is 0 Å². The standard InChI is InChI=1S/C9H12BrN3O/c1-13(2)8(14)6-12-9-7(10)4-3-5-11-9/h3-5H,6H2,1-2H3,(H,11,12). The Bertz CT molecular complexity index is 328. The molecule has 0 atom stereocenters. The highest BCUT2D eigenvalue weighted by molar-refractivity contribution is 9.10. The van der Waals surface area contributed by atoms with Crippen molar-refractivity contribution < 1.29 is 4.79 Å². The second-order valence-electron chi connectivity index (χ2n) is 2.98. The lowest BCUT2D eigenvalue weighted by Gasteiger charge is -2.11. The molecule has 1 heterocycles. The molecule has 0 aromatic carbocycles. The minimum absolute atomic E-state index is 0.0163. The second kappa shape index (κ2) is 4.95. The number of rotatable bonds is 3. The second-order valence-corrected chi connectivity index (χ2v) is 3.83. The number of amides is 1. The Morgan fingerprint density at radius 2 is 2.36 bits per heavy atom. The Morgan fingerprint density at radius 1 is 1.64 bits per heavy atom. The molecule has 0 unspecified atom stereocenters. The molecule has 0 bridgehead atoms. The summed E-state index contributed by atoms with van der Waals surface area (Å²) in [4.78, 5) is 16.9. The van der Waals surface area contributed by atoms with Gasteiger partial charge in [0.1, 0.15) is 5.82 Å². The number of carbonyl (C=O) groups is 1. The van der Waals surface area contributed by atoms with E-state index < -0.39 is 0 Å². The molecule has 0 saturated carbocycles. The van der Waals surface area contributed by atoms with Crippen LogP contribution in [0.3, 0.4) is 0 Å². The highest BCUT2D eigenvalue weighted by Gasteiger charge is 2.05. The molecule has 0 aliphatic heterocycles. The van der Waals surface area contributed by atoms with E-state index in [2.05, 4.69) is 26.2 Å². The van der Waals surface area contributed by atoms with Crippen LogP contribution in [0.1, 0.15) is 0 Å². The first-order valence-electron chi connectivity index (χ1n) is 4.16. The summed E-state index contributed by atoms with van der Waals surface area (Å²) in [6.07, 6.45) is 1.67. The number of carbonyl (C=O) groups excluding carboxylic acids is 1. The molecule has 0 spiro atoms. The van der Waals surface area contributed by atoms with Crippen LogP contribution in [0.5, 0.6) is 0 Å². The fraction of sp³-hybridized carbons (Fsp3) is 0.333. The van der Waals surface area contributed by atoms with Crippen molar-refractivity contribution in [2.45, 2.75) is 0 Å². The molecule has 0 fully saturated rings. The summed E-state index contributed by atoms with van der Waals surface area (Å²) >= 11 is 3.33. The monoisotopic (exact) mass is 257 g/mol. The van der Waals surface area contributed by atoms with Crippen molar-refractivity contribution in [3.05, 3.63) is 22.8 Å². The molecule has 0 radical (unpaired) electrons. The summed E-state index contributed by atoms with van der Waals surface area (Å²) in [6.45, 7) is 0.253. The molecule has 1 aromatic rings. The van der Waals surface area contributed by atoms with Crippen molar-refractivity contribution in [2.75, 3.05) is 26.0 Å². The quantitative estimate of drug-likeness (QED) is 0.889. The summed E-state index contributed by atoms with van der Waals surface area (Å²) in [7, 11) is 3.44. The van der Waals surface area contributed by atoms with Gasteiger partial charge in [-0.2, -0.15) is 0 Å². The van der Waals surface area contributed by atoms with Crippen molar-refractivity contribution in [2.24, 2.45) is 0 Å². The van der Waals surface area contributed by atoms with E-state index in [0.29, 0.717) is 5.82 Å². The van der Waals surface area contributed by atoms with Crippen molar-refractivity contribution >= 4 is 27.7 Å². The summed E-state index contributed by atoms with van der Waals surface area (Å²) in [6, 6.07) is 3.69. The molecule has 0 saturated heterocycles. The van der Waals surface area contributed by atoms with Gasteiger partial charge in [0, 0.05) is 20.3 Å². The zero-order chi connectivity index (χ0) is 10.6. The van der Waals surface area contributed by atoms with Gasteiger partial charge in [-0.05, 0) is 28.1 Å². The average molecular weight is 258 g/mol. The van der Waals surface area contributed by atoms with Crippen LogP contribution in [0.4, 0.5) is 5.82 Å². The minimum Gasteiger partial charge on any atom is -0.360 e. The maximum atomic E-state index is 11.2. The summed E-state index contributed by atoms with van der Waals surface area (Å²) < 4.78 is 0.853. The van der Waals surface area contributed by atoms with E-state index in [9.17, 15) is 4.79 Å². The predicted molar refractivity (Wildman–Crippen MR) is 59.1 cm³/mol. The topological polar surface area (TPSA) is 45.2 Å². The smallest absolute Gasteiger partial charge is 0.241 e. The number of nitrogens with zero attached hydrogens (tertiary/aromatic N) is 2. The Kier molecular flexibility index (Phi) is 3.88. The van der Waals surface area contributed by atoms with Crippen LogP contribution in [0, 0.1) is 0 Å². The van der Waals surface area contributed by atoms with Gasteiger partial charge in [-0.3, -0.25) is 4.79 Å². The van der Waals surface area contributed by atoms with E-state index in [1.165, 1.54) is 4.90 Å². The minimum atomic E-state index is 0.0163. The molecule has 4 nitrogen and oxygen atoms in total. The maximum Gasteiger partial charge on any atom is 0.241 e. The highest BCUT2D eigenvalue weighted by Crippen LogP contribution is 2.17. The highest BCUT2D eigenvalue weighted by atomic mass is 79.9. The fourth-order valence-electron chi connectivity index (χ4n) is 0.833. The number of halogens is 1. The molecule has 14 heavy (non-hydrogen) atoms. The fourth-order valence-corrected chi connectivity index (χ4v) is 1.23. The number of pyridine rings is 1. The first-order chi connectivity index (χ1) is 6.61. The van der Waals surface area contributed by atoms with Crippen LogP contribution in [0.2, 0.25) is 0 Å². The predicted octanol–water partition coefficient (Wildman–Crippen LogP) is 1.34. The average Bonchev–Trinajstić information content (AvgIpc) is 2.16. The number of hydrogen-bond acceptors (Lipinski definition) is 3. The van der Waals surface area contributed by atoms with Crippen LogP contribution in [-0.4, -0.2) is 36.4 Å². The van der Waals surface area contributed by atoms with Crippen LogP contribution in [0.25, 0.3) is 0 Å². The summed E-state index contributed by atoms with van der Waals surface area (Å²) in [5.74, 6) is 0.699. The van der Waals surface area contributed by atoms with Crippen molar-refractivity contribution in [3.8, 4) is 0 Å². The molecule has 76 valence electrons. The third kappa shape index (κ3) is 2.99. The van der Waals surface area contributed by atoms with Gasteiger partial charge in [-0.15, -0.1) is 0 Å². The third-order valence-corrected chi connectivity index (χ3v) is 2.30. The number of hydrogen-bond donors (Lipinski definition) is 1. The Balaban J connectivity index is 2.54. The van der Waals surface area contributed by atoms with Gasteiger partial charge >= 0.3 is 0 Å². The lowest BCUT2D eigenvalue weighted by Crippen LogP contribution is -2.28. The van der Waals surface area contributed by atoms with E-state index in [1.54, 1.807) is 20.3 Å². The molecule has 1 rings (SSSR count). The van der Waals surface area contributed by atoms with Gasteiger partial charge in [0.15, 0.2) is 0 Å². The first-order valence-corrected chi connectivity index (χ1v) is 4.95. The van der Waals surface area contributed by atoms with Crippen LogP contribution >= 0.6 is 15.9 Å². The summed E-state index contributed by atoms with van der Waals surface area (Å²) in [5.41, 5.74) is 0. The van der Waals surface area contributed by atoms with E-state index in [-0.39, 0.29) is 12.5 Å². The van der Waals surface area contributed by atoms with Crippen LogP contribution < -0.4 is 5.32 Å². The van der Waals surface area contributed by atoms with Crippen molar-refractivity contribution in [1.29, 1.82) is 0 Å². The van der Waals surface area contributed by atoms with E-state index in [1.807, 2.05) is 12.1 Å². The number of nitrogens with one attached hydrogen (secondary N) is 1. The maximum absolute atomic E-state index is 11.2. The van der Waals surface area contributed by atoms with E-state index >= 15 is 0 Å². The Hall–Kier alpha value is -1.10.